The van der Waals surface area contributed by atoms with Crippen LogP contribution < -0.4 is 0 Å². The van der Waals surface area contributed by atoms with Crippen molar-refractivity contribution in [1.82, 2.24) is 4.90 Å². The van der Waals surface area contributed by atoms with Gasteiger partial charge in [0.25, 0.3) is 0 Å². The number of nitrogens with zero attached hydrogens (tertiary/aromatic N) is 2. The van der Waals surface area contributed by atoms with Crippen LogP contribution in [0.15, 0.2) is 0 Å². The molecule has 0 aromatic heterocycles. The van der Waals surface area contributed by atoms with Crippen LogP contribution in [0.3, 0.4) is 0 Å². The van der Waals surface area contributed by atoms with Crippen molar-refractivity contribution in [3.63, 3.8) is 0 Å². The van der Waals surface area contributed by atoms with E-state index in [1.54, 1.807) is 0 Å². The van der Waals surface area contributed by atoms with E-state index in [2.05, 4.69) is 4.90 Å². The van der Waals surface area contributed by atoms with Gasteiger partial charge < -0.3 is 14.8 Å². The first-order valence-electron chi connectivity index (χ1n) is 8.05. The van der Waals surface area contributed by atoms with Crippen molar-refractivity contribution < 1.29 is 9.44 Å². The van der Waals surface area contributed by atoms with Gasteiger partial charge in [0, 0.05) is 37.3 Å². The van der Waals surface area contributed by atoms with Gasteiger partial charge in [-0.2, -0.15) is 0 Å². The van der Waals surface area contributed by atoms with Gasteiger partial charge >= 0.3 is 0 Å². The van der Waals surface area contributed by atoms with Gasteiger partial charge in [-0.05, 0) is 32.1 Å². The summed E-state index contributed by atoms with van der Waals surface area (Å²) in [6.45, 7) is 2.50. The van der Waals surface area contributed by atoms with E-state index in [1.165, 1.54) is 12.8 Å². The first kappa shape index (κ1) is 12.2. The molecule has 0 spiro atoms. The Balaban J connectivity index is 1.64. The summed E-state index contributed by atoms with van der Waals surface area (Å²) in [4.78, 5) is 14.3. The van der Waals surface area contributed by atoms with E-state index in [9.17, 15) is 10.0 Å². The zero-order valence-corrected chi connectivity index (χ0v) is 11.6. The minimum atomic E-state index is 0.0772. The summed E-state index contributed by atoms with van der Waals surface area (Å²) in [5.41, 5.74) is 0. The van der Waals surface area contributed by atoms with Crippen LogP contribution in [0, 0.1) is 17.0 Å². The fraction of sp³-hybridized carbons (Fsp3) is 0.933. The van der Waals surface area contributed by atoms with Crippen LogP contribution >= 0.6 is 0 Å². The minimum Gasteiger partial charge on any atom is -0.633 e. The maximum Gasteiger partial charge on any atom is 0.222 e. The van der Waals surface area contributed by atoms with E-state index < -0.39 is 0 Å². The average molecular weight is 264 g/mol. The van der Waals surface area contributed by atoms with Gasteiger partial charge in [0.15, 0.2) is 0 Å². The van der Waals surface area contributed by atoms with Gasteiger partial charge in [0.1, 0.15) is 0 Å². The van der Waals surface area contributed by atoms with Crippen LogP contribution in [0.25, 0.3) is 0 Å². The Kier molecular flexibility index (Phi) is 2.68. The molecule has 106 valence electrons. The highest BCUT2D eigenvalue weighted by molar-refractivity contribution is 5.77. The number of quaternary nitrogens is 1. The SMILES string of the molecule is O=C1CCC[C@H]2[C@H]3C[C@@H](CN12)[C@H]1CCCC[N+]1([O-])C3. The third-order valence-electron chi connectivity index (χ3n) is 6.17. The standard InChI is InChI=1S/C15H24N2O2/c18-15-6-3-4-13-12-8-11(9-16(13)15)14-5-1-2-7-17(14,19)10-12/h11-14H,1-10H2/t11-,12-,13-,14+,17?/m0/s1. The first-order valence-corrected chi connectivity index (χ1v) is 8.05. The van der Waals surface area contributed by atoms with Crippen LogP contribution in [-0.2, 0) is 4.79 Å². The molecule has 0 saturated carbocycles. The summed E-state index contributed by atoms with van der Waals surface area (Å²) < 4.78 is 0.0772. The van der Waals surface area contributed by atoms with Crippen LogP contribution in [0.2, 0.25) is 0 Å². The molecule has 4 aliphatic heterocycles. The Labute approximate surface area is 114 Å². The minimum absolute atomic E-state index is 0.0772. The van der Waals surface area contributed by atoms with Crippen molar-refractivity contribution in [3.05, 3.63) is 5.21 Å². The molecule has 4 fully saturated rings. The quantitative estimate of drug-likeness (QED) is 0.495. The van der Waals surface area contributed by atoms with Crippen molar-refractivity contribution in [2.24, 2.45) is 11.8 Å². The fourth-order valence-electron chi connectivity index (χ4n) is 5.40. The summed E-state index contributed by atoms with van der Waals surface area (Å²) in [6, 6.07) is 0.685. The Morgan fingerprint density at radius 3 is 2.95 bits per heavy atom. The molecule has 0 radical (unpaired) electrons. The Morgan fingerprint density at radius 1 is 1.16 bits per heavy atom. The fourth-order valence-corrected chi connectivity index (χ4v) is 5.40. The van der Waals surface area contributed by atoms with Gasteiger partial charge in [0.2, 0.25) is 5.91 Å². The van der Waals surface area contributed by atoms with Crippen molar-refractivity contribution in [2.75, 3.05) is 19.6 Å². The molecule has 0 aromatic rings. The monoisotopic (exact) mass is 264 g/mol. The molecule has 4 aliphatic rings. The Hall–Kier alpha value is -0.610. The summed E-state index contributed by atoms with van der Waals surface area (Å²) in [7, 11) is 0. The molecule has 4 rings (SSSR count). The maximum atomic E-state index is 13.1. The van der Waals surface area contributed by atoms with Gasteiger partial charge in [-0.1, -0.05) is 0 Å². The van der Waals surface area contributed by atoms with Gasteiger partial charge in [-0.15, -0.1) is 0 Å². The number of carbonyl (C=O) groups excluding carboxylic acids is 1. The van der Waals surface area contributed by atoms with E-state index in [0.29, 0.717) is 29.8 Å². The number of piperidine rings is 4. The van der Waals surface area contributed by atoms with E-state index in [4.69, 9.17) is 0 Å². The van der Waals surface area contributed by atoms with Crippen molar-refractivity contribution >= 4 is 5.91 Å². The summed E-state index contributed by atoms with van der Waals surface area (Å²) >= 11 is 0. The summed E-state index contributed by atoms with van der Waals surface area (Å²) in [5, 5.41) is 13.1. The molecule has 5 atom stereocenters. The zero-order valence-electron chi connectivity index (χ0n) is 11.6. The number of amides is 1. The molecule has 1 unspecified atom stereocenters. The normalized spacial score (nSPS) is 49.5. The summed E-state index contributed by atoms with van der Waals surface area (Å²) in [5.74, 6) is 1.32. The molecule has 4 heteroatoms. The number of hydrogen-bond donors (Lipinski definition) is 0. The van der Waals surface area contributed by atoms with Gasteiger partial charge in [-0.25, -0.2) is 0 Å². The number of fused-ring (bicyclic) bond motifs is 6. The molecule has 0 aliphatic carbocycles. The highest BCUT2D eigenvalue weighted by Gasteiger charge is 2.52. The molecular formula is C15H24N2O2. The predicted octanol–water partition coefficient (Wildman–Crippen LogP) is 1.88. The third kappa shape index (κ3) is 1.76. The average Bonchev–Trinajstić information content (AvgIpc) is 2.39. The lowest BCUT2D eigenvalue weighted by molar-refractivity contribution is -0.925. The number of hydroxylamine groups is 3. The van der Waals surface area contributed by atoms with Crippen molar-refractivity contribution in [1.29, 1.82) is 0 Å². The molecule has 1 amide bonds. The second-order valence-electron chi connectivity index (χ2n) is 7.18. The smallest absolute Gasteiger partial charge is 0.222 e. The lowest BCUT2D eigenvalue weighted by Gasteiger charge is -2.63. The number of rotatable bonds is 0. The predicted molar refractivity (Wildman–Crippen MR) is 71.9 cm³/mol. The van der Waals surface area contributed by atoms with E-state index in [1.807, 2.05) is 0 Å². The lowest BCUT2D eigenvalue weighted by Crippen LogP contribution is -2.69. The van der Waals surface area contributed by atoms with Crippen LogP contribution in [0.5, 0.6) is 0 Å². The number of carbonyl (C=O) groups is 1. The molecule has 19 heavy (non-hydrogen) atoms. The largest absolute Gasteiger partial charge is 0.633 e. The first-order chi connectivity index (χ1) is 9.17. The van der Waals surface area contributed by atoms with Crippen LogP contribution in [0.1, 0.15) is 44.9 Å². The molecule has 4 saturated heterocycles. The molecule has 0 aromatic carbocycles. The molecule has 0 N–H and O–H groups in total. The lowest BCUT2D eigenvalue weighted by atomic mass is 9.70. The van der Waals surface area contributed by atoms with Crippen molar-refractivity contribution in [3.8, 4) is 0 Å². The maximum absolute atomic E-state index is 13.1. The Bertz CT molecular complexity index is 400. The van der Waals surface area contributed by atoms with Crippen LogP contribution in [0.4, 0.5) is 0 Å². The second-order valence-corrected chi connectivity index (χ2v) is 7.18. The van der Waals surface area contributed by atoms with Crippen molar-refractivity contribution in [2.45, 2.75) is 57.0 Å². The van der Waals surface area contributed by atoms with E-state index >= 15 is 0 Å². The molecule has 2 bridgehead atoms. The highest BCUT2D eigenvalue weighted by Crippen LogP contribution is 2.46. The zero-order chi connectivity index (χ0) is 13.0. The highest BCUT2D eigenvalue weighted by atomic mass is 16.5. The van der Waals surface area contributed by atoms with E-state index in [-0.39, 0.29) is 4.65 Å². The summed E-state index contributed by atoms with van der Waals surface area (Å²) in [6.07, 6.45) is 7.52. The molecule has 4 nitrogen and oxygen atoms in total. The second kappa shape index (κ2) is 4.19. The molecule has 4 heterocycles. The van der Waals surface area contributed by atoms with Gasteiger partial charge in [0.05, 0.1) is 19.1 Å². The van der Waals surface area contributed by atoms with E-state index in [0.717, 1.165) is 51.7 Å². The van der Waals surface area contributed by atoms with Gasteiger partial charge in [-0.3, -0.25) is 4.79 Å². The van der Waals surface area contributed by atoms with Crippen LogP contribution in [-0.4, -0.2) is 47.2 Å². The topological polar surface area (TPSA) is 43.4 Å². The molecular weight excluding hydrogens is 240 g/mol. The number of hydrogen-bond acceptors (Lipinski definition) is 2. The third-order valence-corrected chi connectivity index (χ3v) is 6.17. The Morgan fingerprint density at radius 2 is 2.05 bits per heavy atom.